The topological polar surface area (TPSA) is 32.3 Å². The van der Waals surface area contributed by atoms with Gasteiger partial charge in [0.2, 0.25) is 5.91 Å². The molecule has 22 heavy (non-hydrogen) atoms. The lowest BCUT2D eigenvalue weighted by atomic mass is 10.0. The monoisotopic (exact) mass is 296 g/mol. The number of anilines is 1. The summed E-state index contributed by atoms with van der Waals surface area (Å²) in [6.45, 7) is 4.64. The summed E-state index contributed by atoms with van der Waals surface area (Å²) in [5.74, 6) is 0.0985. The van der Waals surface area contributed by atoms with E-state index in [2.05, 4.69) is 34.5 Å². The first-order valence-corrected chi connectivity index (χ1v) is 8.24. The van der Waals surface area contributed by atoms with Gasteiger partial charge in [0.15, 0.2) is 0 Å². The molecule has 1 heterocycles. The number of aryl methyl sites for hydroxylation is 1. The summed E-state index contributed by atoms with van der Waals surface area (Å²) >= 11 is 0. The number of nitrogens with one attached hydrogen (secondary N) is 1. The normalized spacial score (nSPS) is 16.4. The molecule has 3 heteroatoms. The van der Waals surface area contributed by atoms with Crippen LogP contribution in [0.1, 0.15) is 31.2 Å². The van der Waals surface area contributed by atoms with Crippen LogP contribution in [0.15, 0.2) is 36.4 Å². The zero-order valence-electron chi connectivity index (χ0n) is 13.3. The molecule has 1 aliphatic heterocycles. The lowest BCUT2D eigenvalue weighted by Crippen LogP contribution is -2.34. The number of likely N-dealkylation sites (tertiary alicyclic amines) is 1. The number of nitrogens with zero attached hydrogens (tertiary/aromatic N) is 1. The van der Waals surface area contributed by atoms with Crippen LogP contribution < -0.4 is 5.32 Å². The third kappa shape index (κ3) is 3.47. The highest BCUT2D eigenvalue weighted by Gasteiger charge is 2.14. The van der Waals surface area contributed by atoms with Gasteiger partial charge in [-0.15, -0.1) is 0 Å². The van der Waals surface area contributed by atoms with Gasteiger partial charge in [-0.05, 0) is 43.8 Å². The van der Waals surface area contributed by atoms with E-state index in [0.717, 1.165) is 35.1 Å². The maximum Gasteiger partial charge on any atom is 0.238 e. The van der Waals surface area contributed by atoms with Gasteiger partial charge in [-0.1, -0.05) is 49.2 Å². The standard InChI is InChI=1S/C19H24N2O/c1-15-10-11-16-8-4-5-9-17(16)19(15)20-18(22)14-21-12-6-2-3-7-13-21/h4-5,8-11H,2-3,6-7,12-14H2,1H3,(H,20,22). The van der Waals surface area contributed by atoms with Crippen LogP contribution in [0.2, 0.25) is 0 Å². The predicted molar refractivity (Wildman–Crippen MR) is 92.2 cm³/mol. The number of fused-ring (bicyclic) bond motifs is 1. The van der Waals surface area contributed by atoms with E-state index in [1.165, 1.54) is 25.7 Å². The molecule has 0 bridgehead atoms. The smallest absolute Gasteiger partial charge is 0.238 e. The fourth-order valence-corrected chi connectivity index (χ4v) is 3.22. The molecule has 0 saturated carbocycles. The quantitative estimate of drug-likeness (QED) is 0.929. The van der Waals surface area contributed by atoms with Crippen molar-refractivity contribution in [2.24, 2.45) is 0 Å². The zero-order valence-corrected chi connectivity index (χ0v) is 13.3. The number of amides is 1. The second kappa shape index (κ2) is 6.93. The van der Waals surface area contributed by atoms with Gasteiger partial charge in [-0.3, -0.25) is 9.69 Å². The molecule has 1 saturated heterocycles. The van der Waals surface area contributed by atoms with E-state index in [-0.39, 0.29) is 5.91 Å². The highest BCUT2D eigenvalue weighted by atomic mass is 16.2. The molecule has 0 unspecified atom stereocenters. The van der Waals surface area contributed by atoms with Crippen molar-refractivity contribution in [2.75, 3.05) is 25.0 Å². The maximum atomic E-state index is 12.4. The minimum atomic E-state index is 0.0985. The zero-order chi connectivity index (χ0) is 15.4. The summed E-state index contributed by atoms with van der Waals surface area (Å²) in [5, 5.41) is 5.42. The van der Waals surface area contributed by atoms with Gasteiger partial charge in [0.05, 0.1) is 12.2 Å². The molecule has 2 aromatic carbocycles. The Balaban J connectivity index is 1.74. The maximum absolute atomic E-state index is 12.4. The van der Waals surface area contributed by atoms with Crippen LogP contribution in [-0.4, -0.2) is 30.4 Å². The fraction of sp³-hybridized carbons (Fsp3) is 0.421. The average molecular weight is 296 g/mol. The Bertz CT molecular complexity index is 658. The number of carbonyl (C=O) groups is 1. The summed E-state index contributed by atoms with van der Waals surface area (Å²) in [6.07, 6.45) is 5.00. The van der Waals surface area contributed by atoms with Crippen molar-refractivity contribution in [3.63, 3.8) is 0 Å². The van der Waals surface area contributed by atoms with Gasteiger partial charge in [0.1, 0.15) is 0 Å². The highest BCUT2D eigenvalue weighted by Crippen LogP contribution is 2.27. The second-order valence-corrected chi connectivity index (χ2v) is 6.22. The van der Waals surface area contributed by atoms with Gasteiger partial charge in [0.25, 0.3) is 0 Å². The highest BCUT2D eigenvalue weighted by molar-refractivity contribution is 6.03. The molecule has 1 fully saturated rings. The molecule has 3 nitrogen and oxygen atoms in total. The molecule has 1 amide bonds. The second-order valence-electron chi connectivity index (χ2n) is 6.22. The van der Waals surface area contributed by atoms with Crippen molar-refractivity contribution in [2.45, 2.75) is 32.6 Å². The minimum Gasteiger partial charge on any atom is -0.324 e. The number of hydrogen-bond acceptors (Lipinski definition) is 2. The van der Waals surface area contributed by atoms with Gasteiger partial charge in [-0.2, -0.15) is 0 Å². The molecule has 1 N–H and O–H groups in total. The molecular weight excluding hydrogens is 272 g/mol. The molecule has 0 radical (unpaired) electrons. The molecule has 0 atom stereocenters. The largest absolute Gasteiger partial charge is 0.324 e. The lowest BCUT2D eigenvalue weighted by molar-refractivity contribution is -0.117. The third-order valence-corrected chi connectivity index (χ3v) is 4.47. The van der Waals surface area contributed by atoms with Crippen molar-refractivity contribution >= 4 is 22.4 Å². The Morgan fingerprint density at radius 3 is 2.55 bits per heavy atom. The Morgan fingerprint density at radius 1 is 1.05 bits per heavy atom. The molecule has 0 spiro atoms. The van der Waals surface area contributed by atoms with Crippen LogP contribution in [-0.2, 0) is 4.79 Å². The predicted octanol–water partition coefficient (Wildman–Crippen LogP) is 3.96. The first-order valence-electron chi connectivity index (χ1n) is 8.24. The molecule has 0 aromatic heterocycles. The van der Waals surface area contributed by atoms with Crippen LogP contribution in [0.5, 0.6) is 0 Å². The average Bonchev–Trinajstić information content (AvgIpc) is 2.79. The molecule has 116 valence electrons. The summed E-state index contributed by atoms with van der Waals surface area (Å²) in [5.41, 5.74) is 2.07. The first-order chi connectivity index (χ1) is 10.7. The van der Waals surface area contributed by atoms with Crippen LogP contribution in [0.25, 0.3) is 10.8 Å². The summed E-state index contributed by atoms with van der Waals surface area (Å²) in [6, 6.07) is 12.4. The van der Waals surface area contributed by atoms with Gasteiger partial charge in [-0.25, -0.2) is 0 Å². The van der Waals surface area contributed by atoms with E-state index >= 15 is 0 Å². The van der Waals surface area contributed by atoms with Gasteiger partial charge in [0, 0.05) is 5.39 Å². The Morgan fingerprint density at radius 2 is 1.77 bits per heavy atom. The van der Waals surface area contributed by atoms with E-state index in [9.17, 15) is 4.79 Å². The van der Waals surface area contributed by atoms with Crippen molar-refractivity contribution in [1.82, 2.24) is 4.90 Å². The van der Waals surface area contributed by atoms with Crippen molar-refractivity contribution in [3.05, 3.63) is 42.0 Å². The molecule has 3 rings (SSSR count). The number of carbonyl (C=O) groups excluding carboxylic acids is 1. The SMILES string of the molecule is Cc1ccc2ccccc2c1NC(=O)CN1CCCCCC1. The first kappa shape index (κ1) is 15.0. The van der Waals surface area contributed by atoms with E-state index in [1.807, 2.05) is 19.1 Å². The van der Waals surface area contributed by atoms with E-state index in [4.69, 9.17) is 0 Å². The van der Waals surface area contributed by atoms with Crippen LogP contribution in [0, 0.1) is 6.92 Å². The summed E-state index contributed by atoms with van der Waals surface area (Å²) < 4.78 is 0. The van der Waals surface area contributed by atoms with Crippen LogP contribution >= 0.6 is 0 Å². The van der Waals surface area contributed by atoms with E-state index in [0.29, 0.717) is 6.54 Å². The fourth-order valence-electron chi connectivity index (χ4n) is 3.22. The Hall–Kier alpha value is -1.87. The lowest BCUT2D eigenvalue weighted by Gasteiger charge is -2.20. The third-order valence-electron chi connectivity index (χ3n) is 4.47. The number of hydrogen-bond donors (Lipinski definition) is 1. The van der Waals surface area contributed by atoms with Crippen molar-refractivity contribution < 1.29 is 4.79 Å². The molecule has 2 aromatic rings. The van der Waals surface area contributed by atoms with Crippen LogP contribution in [0.4, 0.5) is 5.69 Å². The molecule has 1 aliphatic rings. The van der Waals surface area contributed by atoms with Crippen molar-refractivity contribution in [1.29, 1.82) is 0 Å². The van der Waals surface area contributed by atoms with Crippen LogP contribution in [0.3, 0.4) is 0 Å². The van der Waals surface area contributed by atoms with Gasteiger partial charge < -0.3 is 5.32 Å². The number of benzene rings is 2. The Labute approximate surface area is 132 Å². The Kier molecular flexibility index (Phi) is 4.74. The van der Waals surface area contributed by atoms with E-state index < -0.39 is 0 Å². The number of rotatable bonds is 3. The summed E-state index contributed by atoms with van der Waals surface area (Å²) in [7, 11) is 0. The molecule has 0 aliphatic carbocycles. The van der Waals surface area contributed by atoms with Crippen molar-refractivity contribution in [3.8, 4) is 0 Å². The summed E-state index contributed by atoms with van der Waals surface area (Å²) in [4.78, 5) is 14.7. The minimum absolute atomic E-state index is 0.0985. The molecular formula is C19H24N2O. The van der Waals surface area contributed by atoms with Gasteiger partial charge >= 0.3 is 0 Å². The van der Waals surface area contributed by atoms with E-state index in [1.54, 1.807) is 0 Å².